The topological polar surface area (TPSA) is 34.1 Å². The Morgan fingerprint density at radius 2 is 1.65 bits per heavy atom. The third kappa shape index (κ3) is 3.00. The number of alkyl halides is 3. The van der Waals surface area contributed by atoms with Crippen LogP contribution in [0.3, 0.4) is 0 Å². The number of benzene rings is 1. The van der Waals surface area contributed by atoms with Gasteiger partial charge in [-0.3, -0.25) is 0 Å². The van der Waals surface area contributed by atoms with E-state index < -0.39 is 26.8 Å². The van der Waals surface area contributed by atoms with E-state index in [4.69, 9.17) is 0 Å². The number of halogens is 3. The van der Waals surface area contributed by atoms with E-state index in [0.717, 1.165) is 6.07 Å². The Kier molecular flexibility index (Phi) is 3.57. The summed E-state index contributed by atoms with van der Waals surface area (Å²) in [6.07, 6.45) is -4.53. The van der Waals surface area contributed by atoms with E-state index in [1.807, 2.05) is 0 Å². The van der Waals surface area contributed by atoms with Gasteiger partial charge in [0.05, 0.1) is 15.7 Å². The van der Waals surface area contributed by atoms with Crippen LogP contribution in [0.1, 0.15) is 25.0 Å². The van der Waals surface area contributed by atoms with Crippen LogP contribution in [0.4, 0.5) is 13.2 Å². The van der Waals surface area contributed by atoms with E-state index in [-0.39, 0.29) is 10.5 Å². The summed E-state index contributed by atoms with van der Waals surface area (Å²) < 4.78 is 61.2. The summed E-state index contributed by atoms with van der Waals surface area (Å²) in [5.74, 6) is 0. The van der Waals surface area contributed by atoms with Crippen molar-refractivity contribution in [1.29, 1.82) is 0 Å². The Hall–Kier alpha value is -1.04. The second-order valence-electron chi connectivity index (χ2n) is 4.13. The molecular formula is C11H13F3O2S. The maximum Gasteiger partial charge on any atom is 0.416 e. The van der Waals surface area contributed by atoms with Crippen molar-refractivity contribution in [1.82, 2.24) is 0 Å². The quantitative estimate of drug-likeness (QED) is 0.823. The molecule has 0 unspecified atom stereocenters. The monoisotopic (exact) mass is 266 g/mol. The van der Waals surface area contributed by atoms with E-state index >= 15 is 0 Å². The molecule has 0 heterocycles. The molecule has 1 aromatic rings. The summed E-state index contributed by atoms with van der Waals surface area (Å²) in [6, 6.07) is 2.87. The molecule has 0 aromatic heterocycles. The molecular weight excluding hydrogens is 253 g/mol. The molecule has 0 saturated carbocycles. The minimum Gasteiger partial charge on any atom is -0.223 e. The van der Waals surface area contributed by atoms with Gasteiger partial charge in [-0.25, -0.2) is 8.42 Å². The molecule has 0 fully saturated rings. The fourth-order valence-electron chi connectivity index (χ4n) is 1.35. The van der Waals surface area contributed by atoms with Crippen molar-refractivity contribution in [3.05, 3.63) is 29.3 Å². The lowest BCUT2D eigenvalue weighted by molar-refractivity contribution is -0.137. The average molecular weight is 266 g/mol. The van der Waals surface area contributed by atoms with Crippen LogP contribution in [0.2, 0.25) is 0 Å². The van der Waals surface area contributed by atoms with E-state index in [9.17, 15) is 21.6 Å². The highest BCUT2D eigenvalue weighted by molar-refractivity contribution is 7.92. The summed E-state index contributed by atoms with van der Waals surface area (Å²) in [5, 5.41) is -0.745. The third-order valence-electron chi connectivity index (χ3n) is 2.33. The van der Waals surface area contributed by atoms with Crippen molar-refractivity contribution >= 4 is 9.84 Å². The van der Waals surface area contributed by atoms with Crippen molar-refractivity contribution in [2.24, 2.45) is 0 Å². The summed E-state index contributed by atoms with van der Waals surface area (Å²) in [6.45, 7) is 4.31. The van der Waals surface area contributed by atoms with E-state index in [1.54, 1.807) is 0 Å². The molecule has 1 rings (SSSR count). The molecule has 96 valence electrons. The van der Waals surface area contributed by atoms with Gasteiger partial charge < -0.3 is 0 Å². The van der Waals surface area contributed by atoms with Gasteiger partial charge in [-0.2, -0.15) is 13.2 Å². The molecule has 17 heavy (non-hydrogen) atoms. The molecule has 0 bridgehead atoms. The number of rotatable bonds is 2. The zero-order valence-corrected chi connectivity index (χ0v) is 10.5. The summed E-state index contributed by atoms with van der Waals surface area (Å²) >= 11 is 0. The Morgan fingerprint density at radius 3 is 2.06 bits per heavy atom. The van der Waals surface area contributed by atoms with Gasteiger partial charge in [-0.05, 0) is 44.5 Å². The predicted octanol–water partition coefficient (Wildman–Crippen LogP) is 3.20. The Bertz CT molecular complexity index is 516. The standard InChI is InChI=1S/C11H13F3O2S/c1-7(2)17(15,16)10-5-8(3)4-9(6-10)11(12,13)14/h4-7H,1-3H3. The smallest absolute Gasteiger partial charge is 0.223 e. The van der Waals surface area contributed by atoms with Crippen molar-refractivity contribution < 1.29 is 21.6 Å². The molecule has 0 atom stereocenters. The van der Waals surface area contributed by atoms with Crippen LogP contribution in [0.5, 0.6) is 0 Å². The first-order valence-electron chi connectivity index (χ1n) is 4.98. The van der Waals surface area contributed by atoms with Crippen LogP contribution in [0.25, 0.3) is 0 Å². The van der Waals surface area contributed by atoms with Crippen molar-refractivity contribution in [3.8, 4) is 0 Å². The molecule has 0 amide bonds. The summed E-state index contributed by atoms with van der Waals surface area (Å²) in [4.78, 5) is -0.278. The number of aryl methyl sites for hydroxylation is 1. The Balaban J connectivity index is 3.44. The molecule has 0 aliphatic heterocycles. The number of sulfone groups is 1. The van der Waals surface area contributed by atoms with E-state index in [2.05, 4.69) is 0 Å². The van der Waals surface area contributed by atoms with Gasteiger partial charge in [0.25, 0.3) is 0 Å². The fraction of sp³-hybridized carbons (Fsp3) is 0.455. The molecule has 0 radical (unpaired) electrons. The van der Waals surface area contributed by atoms with Gasteiger partial charge in [0.2, 0.25) is 0 Å². The average Bonchev–Trinajstić information content (AvgIpc) is 2.15. The first-order chi connectivity index (χ1) is 7.55. The second-order valence-corrected chi connectivity index (χ2v) is 6.63. The van der Waals surface area contributed by atoms with Gasteiger partial charge in [0.15, 0.2) is 9.84 Å². The largest absolute Gasteiger partial charge is 0.416 e. The highest BCUT2D eigenvalue weighted by Crippen LogP contribution is 2.32. The lowest BCUT2D eigenvalue weighted by atomic mass is 10.1. The lowest BCUT2D eigenvalue weighted by Crippen LogP contribution is -2.15. The molecule has 0 N–H and O–H groups in total. The Morgan fingerprint density at radius 1 is 1.12 bits per heavy atom. The highest BCUT2D eigenvalue weighted by atomic mass is 32.2. The molecule has 2 nitrogen and oxygen atoms in total. The summed E-state index contributed by atoms with van der Waals surface area (Å²) in [7, 11) is -3.68. The van der Waals surface area contributed by atoms with Crippen LogP contribution < -0.4 is 0 Å². The molecule has 6 heteroatoms. The van der Waals surface area contributed by atoms with Crippen molar-refractivity contribution in [3.63, 3.8) is 0 Å². The zero-order chi connectivity index (χ0) is 13.4. The van der Waals surface area contributed by atoms with Crippen LogP contribution in [0.15, 0.2) is 23.1 Å². The third-order valence-corrected chi connectivity index (χ3v) is 4.46. The number of hydrogen-bond acceptors (Lipinski definition) is 2. The molecule has 0 saturated heterocycles. The molecule has 1 aromatic carbocycles. The van der Waals surface area contributed by atoms with Crippen LogP contribution in [-0.2, 0) is 16.0 Å². The first kappa shape index (κ1) is 14.0. The van der Waals surface area contributed by atoms with E-state index in [1.165, 1.54) is 26.8 Å². The maximum atomic E-state index is 12.5. The van der Waals surface area contributed by atoms with E-state index in [0.29, 0.717) is 6.07 Å². The van der Waals surface area contributed by atoms with Crippen molar-refractivity contribution in [2.45, 2.75) is 37.1 Å². The minimum atomic E-state index is -4.53. The fourth-order valence-corrected chi connectivity index (χ4v) is 2.53. The van der Waals surface area contributed by atoms with Gasteiger partial charge in [-0.1, -0.05) is 0 Å². The van der Waals surface area contributed by atoms with Gasteiger partial charge >= 0.3 is 6.18 Å². The SMILES string of the molecule is Cc1cc(C(F)(F)F)cc(S(=O)(=O)C(C)C)c1. The van der Waals surface area contributed by atoms with Crippen LogP contribution in [0, 0.1) is 6.92 Å². The Labute approximate surface area is 98.4 Å². The van der Waals surface area contributed by atoms with Gasteiger partial charge in [0, 0.05) is 0 Å². The minimum absolute atomic E-state index is 0.277. The molecule has 0 spiro atoms. The number of hydrogen-bond donors (Lipinski definition) is 0. The maximum absolute atomic E-state index is 12.5. The van der Waals surface area contributed by atoms with Crippen LogP contribution in [-0.4, -0.2) is 13.7 Å². The first-order valence-corrected chi connectivity index (χ1v) is 6.52. The van der Waals surface area contributed by atoms with Crippen LogP contribution >= 0.6 is 0 Å². The lowest BCUT2D eigenvalue weighted by Gasteiger charge is -2.12. The second kappa shape index (κ2) is 4.33. The zero-order valence-electron chi connectivity index (χ0n) is 9.67. The predicted molar refractivity (Wildman–Crippen MR) is 58.5 cm³/mol. The van der Waals surface area contributed by atoms with Gasteiger partial charge in [0.1, 0.15) is 0 Å². The highest BCUT2D eigenvalue weighted by Gasteiger charge is 2.32. The molecule has 0 aliphatic carbocycles. The summed E-state index contributed by atoms with van der Waals surface area (Å²) in [5.41, 5.74) is -0.657. The normalized spacial score (nSPS) is 13.1. The molecule has 0 aliphatic rings. The van der Waals surface area contributed by atoms with Crippen molar-refractivity contribution in [2.75, 3.05) is 0 Å². The van der Waals surface area contributed by atoms with Gasteiger partial charge in [-0.15, -0.1) is 0 Å².